The molecule has 4 nitrogen and oxygen atoms in total. The van der Waals surface area contributed by atoms with Crippen molar-refractivity contribution in [3.63, 3.8) is 0 Å². The minimum atomic E-state index is -4.09. The van der Waals surface area contributed by atoms with Gasteiger partial charge in [0, 0.05) is 17.4 Å². The summed E-state index contributed by atoms with van der Waals surface area (Å²) < 4.78 is 52.3. The van der Waals surface area contributed by atoms with Crippen LogP contribution in [0.4, 0.5) is 8.78 Å². The van der Waals surface area contributed by atoms with Gasteiger partial charge < -0.3 is 5.11 Å². The fraction of sp³-hybridized carbons (Fsp3) is 0.455. The van der Waals surface area contributed by atoms with Crippen molar-refractivity contribution in [2.75, 3.05) is 12.9 Å². The standard InChI is InChI=1S/C11H15F2NO3S2/c1-7(10(6-15)18-2)14-19(16,17)11-4-3-8(12)5-9(11)13/h3-5,7,10,14-15H,6H2,1-2H3. The summed E-state index contributed by atoms with van der Waals surface area (Å²) in [6.07, 6.45) is 1.73. The quantitative estimate of drug-likeness (QED) is 0.832. The summed E-state index contributed by atoms with van der Waals surface area (Å²) in [6, 6.07) is 1.67. The van der Waals surface area contributed by atoms with Crippen molar-refractivity contribution < 1.29 is 22.3 Å². The predicted octanol–water partition coefficient (Wildman–Crippen LogP) is 1.36. The highest BCUT2D eigenvalue weighted by atomic mass is 32.2. The second kappa shape index (κ2) is 6.65. The summed E-state index contributed by atoms with van der Waals surface area (Å²) in [5, 5.41) is 8.73. The zero-order chi connectivity index (χ0) is 14.6. The lowest BCUT2D eigenvalue weighted by molar-refractivity contribution is 0.282. The highest BCUT2D eigenvalue weighted by Crippen LogP contribution is 2.18. The molecule has 8 heteroatoms. The molecule has 0 aliphatic rings. The SMILES string of the molecule is CSC(CO)C(C)NS(=O)(=O)c1ccc(F)cc1F. The largest absolute Gasteiger partial charge is 0.395 e. The lowest BCUT2D eigenvalue weighted by atomic mass is 10.3. The third-order valence-corrected chi connectivity index (χ3v) is 5.32. The second-order valence-electron chi connectivity index (χ2n) is 3.94. The number of aliphatic hydroxyl groups is 1. The van der Waals surface area contributed by atoms with Gasteiger partial charge in [-0.25, -0.2) is 21.9 Å². The lowest BCUT2D eigenvalue weighted by Crippen LogP contribution is -2.41. The first kappa shape index (κ1) is 16.4. The van der Waals surface area contributed by atoms with E-state index in [1.807, 2.05) is 0 Å². The van der Waals surface area contributed by atoms with Crippen LogP contribution in [0.2, 0.25) is 0 Å². The fourth-order valence-electron chi connectivity index (χ4n) is 1.51. The Hall–Kier alpha value is -0.700. The van der Waals surface area contributed by atoms with Gasteiger partial charge in [-0.1, -0.05) is 0 Å². The number of rotatable bonds is 6. The van der Waals surface area contributed by atoms with E-state index in [2.05, 4.69) is 4.72 Å². The van der Waals surface area contributed by atoms with Crippen LogP contribution in [0.3, 0.4) is 0 Å². The van der Waals surface area contributed by atoms with Gasteiger partial charge >= 0.3 is 0 Å². The maximum Gasteiger partial charge on any atom is 0.243 e. The molecule has 2 atom stereocenters. The van der Waals surface area contributed by atoms with Crippen molar-refractivity contribution in [1.29, 1.82) is 0 Å². The number of halogens is 2. The molecule has 0 aromatic heterocycles. The smallest absolute Gasteiger partial charge is 0.243 e. The molecule has 0 bridgehead atoms. The number of hydrogen-bond donors (Lipinski definition) is 2. The number of benzene rings is 1. The van der Waals surface area contributed by atoms with E-state index in [0.29, 0.717) is 6.07 Å². The predicted molar refractivity (Wildman–Crippen MR) is 70.5 cm³/mol. The molecule has 0 aliphatic heterocycles. The van der Waals surface area contributed by atoms with Gasteiger partial charge in [0.15, 0.2) is 0 Å². The van der Waals surface area contributed by atoms with Crippen LogP contribution in [0, 0.1) is 11.6 Å². The summed E-state index contributed by atoms with van der Waals surface area (Å²) in [7, 11) is -4.09. The number of hydrogen-bond acceptors (Lipinski definition) is 4. The van der Waals surface area contributed by atoms with Crippen LogP contribution >= 0.6 is 11.8 Å². The molecule has 0 saturated carbocycles. The van der Waals surface area contributed by atoms with Gasteiger partial charge in [-0.05, 0) is 25.3 Å². The third kappa shape index (κ3) is 4.13. The molecule has 0 aliphatic carbocycles. The number of aliphatic hydroxyl groups excluding tert-OH is 1. The van der Waals surface area contributed by atoms with E-state index in [9.17, 15) is 17.2 Å². The molecule has 108 valence electrons. The summed E-state index contributed by atoms with van der Waals surface area (Å²) in [5.74, 6) is -1.99. The zero-order valence-electron chi connectivity index (χ0n) is 10.4. The van der Waals surface area contributed by atoms with E-state index < -0.39 is 32.6 Å². The first-order valence-corrected chi connectivity index (χ1v) is 8.20. The van der Waals surface area contributed by atoms with E-state index in [1.165, 1.54) is 11.8 Å². The molecule has 0 spiro atoms. The van der Waals surface area contributed by atoms with Gasteiger partial charge in [-0.15, -0.1) is 0 Å². The molecule has 0 amide bonds. The molecule has 0 fully saturated rings. The average Bonchev–Trinajstić information content (AvgIpc) is 2.29. The molecular formula is C11H15F2NO3S2. The van der Waals surface area contributed by atoms with Crippen LogP contribution in [0.25, 0.3) is 0 Å². The van der Waals surface area contributed by atoms with E-state index in [1.54, 1.807) is 13.2 Å². The molecule has 19 heavy (non-hydrogen) atoms. The van der Waals surface area contributed by atoms with Gasteiger partial charge in [-0.2, -0.15) is 11.8 Å². The number of thioether (sulfide) groups is 1. The van der Waals surface area contributed by atoms with Crippen LogP contribution in [-0.4, -0.2) is 37.7 Å². The number of nitrogens with one attached hydrogen (secondary N) is 1. The van der Waals surface area contributed by atoms with Crippen LogP contribution in [0.1, 0.15) is 6.92 Å². The Balaban J connectivity index is 2.98. The van der Waals surface area contributed by atoms with Crippen LogP contribution in [0.15, 0.2) is 23.1 Å². The van der Waals surface area contributed by atoms with Crippen molar-refractivity contribution in [2.45, 2.75) is 23.1 Å². The summed E-state index contributed by atoms with van der Waals surface area (Å²) >= 11 is 1.29. The van der Waals surface area contributed by atoms with Crippen molar-refractivity contribution in [2.24, 2.45) is 0 Å². The van der Waals surface area contributed by atoms with E-state index in [0.717, 1.165) is 12.1 Å². The molecular weight excluding hydrogens is 296 g/mol. The fourth-order valence-corrected chi connectivity index (χ4v) is 3.57. The molecule has 2 N–H and O–H groups in total. The average molecular weight is 311 g/mol. The Morgan fingerprint density at radius 3 is 2.53 bits per heavy atom. The van der Waals surface area contributed by atoms with Crippen molar-refractivity contribution in [1.82, 2.24) is 4.72 Å². The van der Waals surface area contributed by atoms with Crippen molar-refractivity contribution in [3.8, 4) is 0 Å². The van der Waals surface area contributed by atoms with Crippen molar-refractivity contribution in [3.05, 3.63) is 29.8 Å². The zero-order valence-corrected chi connectivity index (χ0v) is 12.1. The van der Waals surface area contributed by atoms with Crippen LogP contribution in [-0.2, 0) is 10.0 Å². The first-order valence-electron chi connectivity index (χ1n) is 5.43. The highest BCUT2D eigenvalue weighted by molar-refractivity contribution is 7.99. The van der Waals surface area contributed by atoms with Crippen LogP contribution < -0.4 is 4.72 Å². The van der Waals surface area contributed by atoms with E-state index in [4.69, 9.17) is 5.11 Å². The Labute approximate surface area is 115 Å². The Morgan fingerprint density at radius 2 is 2.05 bits per heavy atom. The molecule has 2 unspecified atom stereocenters. The maximum atomic E-state index is 13.4. The monoisotopic (exact) mass is 311 g/mol. The molecule has 1 aromatic carbocycles. The topological polar surface area (TPSA) is 66.4 Å². The highest BCUT2D eigenvalue weighted by Gasteiger charge is 2.25. The minimum absolute atomic E-state index is 0.212. The molecule has 0 saturated heterocycles. The van der Waals surface area contributed by atoms with Crippen molar-refractivity contribution >= 4 is 21.8 Å². The van der Waals surface area contributed by atoms with E-state index >= 15 is 0 Å². The minimum Gasteiger partial charge on any atom is -0.395 e. The Morgan fingerprint density at radius 1 is 1.42 bits per heavy atom. The first-order chi connectivity index (χ1) is 8.81. The molecule has 1 aromatic rings. The van der Waals surface area contributed by atoms with E-state index in [-0.39, 0.29) is 11.9 Å². The Bertz CT molecular complexity index is 533. The Kier molecular flexibility index (Phi) is 5.72. The van der Waals surface area contributed by atoms with Crippen LogP contribution in [0.5, 0.6) is 0 Å². The van der Waals surface area contributed by atoms with Gasteiger partial charge in [0.05, 0.1) is 6.61 Å². The van der Waals surface area contributed by atoms with Gasteiger partial charge in [0.2, 0.25) is 10.0 Å². The molecule has 0 radical (unpaired) electrons. The number of sulfonamides is 1. The van der Waals surface area contributed by atoms with Gasteiger partial charge in [0.25, 0.3) is 0 Å². The third-order valence-electron chi connectivity index (χ3n) is 2.56. The summed E-state index contributed by atoms with van der Waals surface area (Å²) in [5.41, 5.74) is 0. The normalized spacial score (nSPS) is 15.2. The van der Waals surface area contributed by atoms with Gasteiger partial charge in [0.1, 0.15) is 16.5 Å². The molecule has 1 rings (SSSR count). The maximum absolute atomic E-state index is 13.4. The van der Waals surface area contributed by atoms with Gasteiger partial charge in [-0.3, -0.25) is 0 Å². The summed E-state index contributed by atoms with van der Waals surface area (Å²) in [4.78, 5) is -0.612. The summed E-state index contributed by atoms with van der Waals surface area (Å²) in [6.45, 7) is 1.35. The lowest BCUT2D eigenvalue weighted by Gasteiger charge is -2.21. The second-order valence-corrected chi connectivity index (χ2v) is 6.70. The molecule has 0 heterocycles.